The van der Waals surface area contributed by atoms with Crippen LogP contribution in [0, 0.1) is 0 Å². The molecule has 0 aromatic carbocycles. The number of hydrogen-bond acceptors (Lipinski definition) is 14. The molecular weight excluding hydrogens is 456 g/mol. The van der Waals surface area contributed by atoms with E-state index >= 15 is 0 Å². The molecule has 1 saturated carbocycles. The Bertz CT molecular complexity index is 675. The van der Waals surface area contributed by atoms with Crippen molar-refractivity contribution in [1.82, 2.24) is 5.32 Å². The number of hydrogen-bond donors (Lipinski definition) is 10. The number of likely N-dealkylation sites (N-methyl/N-ethyl adjacent to an activating group) is 1. The lowest BCUT2D eigenvalue weighted by Gasteiger charge is -2.49. The summed E-state index contributed by atoms with van der Waals surface area (Å²) < 4.78 is 22.8. The van der Waals surface area contributed by atoms with E-state index in [4.69, 9.17) is 36.1 Å². The standard InChI is InChI=1S/C20H40N4O10/c1-6(25)14-11(27)10(26)9(23)18(32-14)33-15-7(21)4-8(22)16(12(15)28)34-19-13(29)17(24-3)20(2,30)5-31-19/h6-19,24-30H,4-5,21-23H2,1-3H3/t6-,7-,8+,9+,10+,11-,12-,13-,14+,15+,16-,17-,18+,19-,20+/m0/s1. The average molecular weight is 497 g/mol. The van der Waals surface area contributed by atoms with E-state index in [-0.39, 0.29) is 13.0 Å². The summed E-state index contributed by atoms with van der Waals surface area (Å²) in [7, 11) is 1.58. The highest BCUT2D eigenvalue weighted by atomic mass is 16.7. The number of ether oxygens (including phenoxy) is 4. The van der Waals surface area contributed by atoms with Gasteiger partial charge in [0.05, 0.1) is 24.8 Å². The van der Waals surface area contributed by atoms with E-state index in [2.05, 4.69) is 5.32 Å². The van der Waals surface area contributed by atoms with Crippen molar-refractivity contribution in [3.8, 4) is 0 Å². The van der Waals surface area contributed by atoms with Crippen LogP contribution in [0.5, 0.6) is 0 Å². The lowest BCUT2D eigenvalue weighted by Crippen LogP contribution is -2.69. The SMILES string of the molecule is CN[C@H]1[C@H](O)[C@H](O[C@@H]2[C@@H](O)[C@H](O[C@H]3O[C@H]([C@H](C)O)[C@@H](O)[C@H](O)[C@H]3N)[C@@H](N)C[C@H]2N)OC[C@@]1(C)O. The van der Waals surface area contributed by atoms with Crippen molar-refractivity contribution < 1.29 is 49.6 Å². The molecule has 0 bridgehead atoms. The van der Waals surface area contributed by atoms with Crippen LogP contribution >= 0.6 is 0 Å². The molecular formula is C20H40N4O10. The molecule has 14 heteroatoms. The van der Waals surface area contributed by atoms with Crippen LogP contribution in [0.4, 0.5) is 0 Å². The van der Waals surface area contributed by atoms with Gasteiger partial charge in [-0.05, 0) is 27.3 Å². The molecule has 14 nitrogen and oxygen atoms in total. The lowest BCUT2D eigenvalue weighted by molar-refractivity contribution is -0.319. The minimum atomic E-state index is -1.46. The Kier molecular flexibility index (Phi) is 8.92. The van der Waals surface area contributed by atoms with Crippen LogP contribution in [0.1, 0.15) is 20.3 Å². The predicted molar refractivity (Wildman–Crippen MR) is 116 cm³/mol. The number of nitrogens with one attached hydrogen (secondary N) is 1. The van der Waals surface area contributed by atoms with Crippen molar-refractivity contribution in [2.24, 2.45) is 17.2 Å². The van der Waals surface area contributed by atoms with E-state index in [1.165, 1.54) is 13.8 Å². The third kappa shape index (κ3) is 5.40. The zero-order chi connectivity index (χ0) is 25.5. The van der Waals surface area contributed by atoms with Gasteiger partial charge in [-0.3, -0.25) is 0 Å². The molecule has 3 rings (SSSR count). The number of nitrogens with two attached hydrogens (primary N) is 3. The van der Waals surface area contributed by atoms with Crippen LogP contribution in [-0.4, -0.2) is 135 Å². The quantitative estimate of drug-likeness (QED) is 0.165. The van der Waals surface area contributed by atoms with Gasteiger partial charge in [-0.15, -0.1) is 0 Å². The van der Waals surface area contributed by atoms with Crippen molar-refractivity contribution in [1.29, 1.82) is 0 Å². The molecule has 3 aliphatic rings. The van der Waals surface area contributed by atoms with Gasteiger partial charge in [0.2, 0.25) is 0 Å². The molecule has 15 atom stereocenters. The Labute approximate surface area is 197 Å². The van der Waals surface area contributed by atoms with Crippen LogP contribution < -0.4 is 22.5 Å². The summed E-state index contributed by atoms with van der Waals surface area (Å²) in [6, 6.07) is -3.47. The predicted octanol–water partition coefficient (Wildman–Crippen LogP) is -5.61. The van der Waals surface area contributed by atoms with E-state index in [1.54, 1.807) is 7.05 Å². The van der Waals surface area contributed by atoms with Crippen molar-refractivity contribution in [3.05, 3.63) is 0 Å². The summed E-state index contributed by atoms with van der Waals surface area (Å²) in [6.45, 7) is 2.75. The minimum absolute atomic E-state index is 0.135. The molecule has 0 radical (unpaired) electrons. The topological polar surface area (TPSA) is 248 Å². The molecule has 0 aromatic rings. The second-order valence-electron chi connectivity index (χ2n) is 9.82. The Morgan fingerprint density at radius 2 is 1.50 bits per heavy atom. The summed E-state index contributed by atoms with van der Waals surface area (Å²) in [5.74, 6) is 0. The van der Waals surface area contributed by atoms with Gasteiger partial charge in [-0.25, -0.2) is 0 Å². The van der Waals surface area contributed by atoms with Gasteiger partial charge in [0.15, 0.2) is 12.6 Å². The van der Waals surface area contributed by atoms with Gasteiger partial charge >= 0.3 is 0 Å². The summed E-state index contributed by atoms with van der Waals surface area (Å²) in [5.41, 5.74) is 17.0. The number of rotatable bonds is 6. The highest BCUT2D eigenvalue weighted by Crippen LogP contribution is 2.32. The first-order chi connectivity index (χ1) is 15.8. The third-order valence-corrected chi connectivity index (χ3v) is 6.95. The van der Waals surface area contributed by atoms with E-state index < -0.39 is 91.2 Å². The van der Waals surface area contributed by atoms with E-state index in [1.807, 2.05) is 0 Å². The highest BCUT2D eigenvalue weighted by Gasteiger charge is 2.52. The van der Waals surface area contributed by atoms with Gasteiger partial charge < -0.3 is 72.1 Å². The molecule has 200 valence electrons. The fraction of sp³-hybridized carbons (Fsp3) is 1.00. The van der Waals surface area contributed by atoms with Crippen LogP contribution in [0.15, 0.2) is 0 Å². The zero-order valence-electron chi connectivity index (χ0n) is 19.5. The molecule has 13 N–H and O–H groups in total. The molecule has 0 spiro atoms. The lowest BCUT2D eigenvalue weighted by atomic mass is 9.84. The van der Waals surface area contributed by atoms with Gasteiger partial charge in [-0.2, -0.15) is 0 Å². The molecule has 0 amide bonds. The number of aliphatic hydroxyl groups is 6. The van der Waals surface area contributed by atoms with Gasteiger partial charge in [0, 0.05) is 12.1 Å². The summed E-state index contributed by atoms with van der Waals surface area (Å²) in [6.07, 6.45) is -12.4. The largest absolute Gasteiger partial charge is 0.391 e. The Morgan fingerprint density at radius 1 is 0.941 bits per heavy atom. The average Bonchev–Trinajstić information content (AvgIpc) is 2.75. The summed E-state index contributed by atoms with van der Waals surface area (Å²) >= 11 is 0. The van der Waals surface area contributed by atoms with Crippen LogP contribution in [0.2, 0.25) is 0 Å². The second kappa shape index (κ2) is 10.8. The first-order valence-corrected chi connectivity index (χ1v) is 11.4. The normalized spacial score (nSPS) is 53.5. The van der Waals surface area contributed by atoms with E-state index in [9.17, 15) is 30.6 Å². The molecule has 2 saturated heterocycles. The van der Waals surface area contributed by atoms with Gasteiger partial charge in [-0.1, -0.05) is 0 Å². The maximum Gasteiger partial charge on any atom is 0.185 e. The fourth-order valence-corrected chi connectivity index (χ4v) is 4.95. The van der Waals surface area contributed by atoms with Gasteiger partial charge in [0.1, 0.15) is 48.3 Å². The van der Waals surface area contributed by atoms with E-state index in [0.29, 0.717) is 0 Å². The maximum absolute atomic E-state index is 11.1. The first-order valence-electron chi connectivity index (χ1n) is 11.4. The summed E-state index contributed by atoms with van der Waals surface area (Å²) in [5, 5.41) is 65.2. The third-order valence-electron chi connectivity index (χ3n) is 6.95. The van der Waals surface area contributed by atoms with Gasteiger partial charge in [0.25, 0.3) is 0 Å². The monoisotopic (exact) mass is 496 g/mol. The molecule has 1 aliphatic carbocycles. The molecule has 0 aromatic heterocycles. The molecule has 34 heavy (non-hydrogen) atoms. The fourth-order valence-electron chi connectivity index (χ4n) is 4.95. The number of aliphatic hydroxyl groups excluding tert-OH is 5. The van der Waals surface area contributed by atoms with Crippen molar-refractivity contribution >= 4 is 0 Å². The first kappa shape index (κ1) is 28.0. The Balaban J connectivity index is 1.73. The van der Waals surface area contributed by atoms with Crippen LogP contribution in [0.25, 0.3) is 0 Å². The van der Waals surface area contributed by atoms with E-state index in [0.717, 1.165) is 0 Å². The van der Waals surface area contributed by atoms with Crippen LogP contribution in [-0.2, 0) is 18.9 Å². The van der Waals surface area contributed by atoms with Crippen molar-refractivity contribution in [2.45, 2.75) is 111 Å². The molecule has 3 fully saturated rings. The van der Waals surface area contributed by atoms with Crippen LogP contribution in [0.3, 0.4) is 0 Å². The summed E-state index contributed by atoms with van der Waals surface area (Å²) in [4.78, 5) is 0. The Morgan fingerprint density at radius 3 is 2.03 bits per heavy atom. The van der Waals surface area contributed by atoms with Crippen molar-refractivity contribution in [2.75, 3.05) is 13.7 Å². The molecule has 0 unspecified atom stereocenters. The maximum atomic E-state index is 11.1. The highest BCUT2D eigenvalue weighted by molar-refractivity contribution is 5.02. The molecule has 2 heterocycles. The van der Waals surface area contributed by atoms with Crippen molar-refractivity contribution in [3.63, 3.8) is 0 Å². The Hall–Kier alpha value is -0.560. The smallest absolute Gasteiger partial charge is 0.185 e. The minimum Gasteiger partial charge on any atom is -0.391 e. The second-order valence-corrected chi connectivity index (χ2v) is 9.82. The molecule has 2 aliphatic heterocycles. The zero-order valence-corrected chi connectivity index (χ0v) is 19.5.